The number of carbonyl (C=O) groups excluding carboxylic acids is 1. The Balaban J connectivity index is 1.93. The molecule has 0 atom stereocenters. The van der Waals surface area contributed by atoms with E-state index in [0.29, 0.717) is 0 Å². The smallest absolute Gasteiger partial charge is 0.234 e. The fraction of sp³-hybridized carbons (Fsp3) is 0.188. The van der Waals surface area contributed by atoms with Crippen LogP contribution >= 0.6 is 0 Å². The normalized spacial score (nSPS) is 16.4. The molecule has 0 spiro atoms. The summed E-state index contributed by atoms with van der Waals surface area (Å²) in [5.41, 5.74) is 4.65. The van der Waals surface area contributed by atoms with Gasteiger partial charge in [-0.05, 0) is 49.7 Å². The van der Waals surface area contributed by atoms with Gasteiger partial charge in [-0.1, -0.05) is 0 Å². The fourth-order valence-corrected chi connectivity index (χ4v) is 2.85. The van der Waals surface area contributed by atoms with E-state index >= 15 is 0 Å². The van der Waals surface area contributed by atoms with Crippen molar-refractivity contribution in [1.29, 1.82) is 0 Å². The van der Waals surface area contributed by atoms with Gasteiger partial charge in [0.05, 0.1) is 16.8 Å². The number of carbonyl (C=O) groups is 1. The summed E-state index contributed by atoms with van der Waals surface area (Å²) in [4.78, 5) is 18.6. The molecule has 0 aliphatic carbocycles. The van der Waals surface area contributed by atoms with Gasteiger partial charge in [0.1, 0.15) is 0 Å². The third-order valence-electron chi connectivity index (χ3n) is 4.14. The summed E-state index contributed by atoms with van der Waals surface area (Å²) in [7, 11) is 0. The van der Waals surface area contributed by atoms with Gasteiger partial charge in [-0.3, -0.25) is 4.79 Å². The highest BCUT2D eigenvalue weighted by Gasteiger charge is 2.38. The summed E-state index contributed by atoms with van der Waals surface area (Å²) in [6.07, 6.45) is 1.91. The van der Waals surface area contributed by atoms with Crippen molar-refractivity contribution < 1.29 is 4.79 Å². The van der Waals surface area contributed by atoms with Gasteiger partial charge in [0.2, 0.25) is 5.91 Å². The van der Waals surface area contributed by atoms with Crippen LogP contribution in [0.4, 0.5) is 5.69 Å². The molecule has 0 saturated carbocycles. The highest BCUT2D eigenvalue weighted by atomic mass is 16.2. The van der Waals surface area contributed by atoms with Crippen LogP contribution in [-0.2, 0) is 10.2 Å². The molecule has 3 aromatic rings. The number of fused-ring (bicyclic) bond motifs is 2. The first kappa shape index (κ1) is 11.3. The van der Waals surface area contributed by atoms with Gasteiger partial charge in [-0.2, -0.15) is 0 Å². The van der Waals surface area contributed by atoms with E-state index in [0.717, 1.165) is 33.5 Å². The zero-order valence-electron chi connectivity index (χ0n) is 11.4. The van der Waals surface area contributed by atoms with Crippen molar-refractivity contribution in [2.24, 2.45) is 0 Å². The molecule has 3 heterocycles. The Morgan fingerprint density at radius 1 is 1.10 bits per heavy atom. The molecule has 0 radical (unpaired) electrons. The molecular weight excluding hydrogens is 250 g/mol. The van der Waals surface area contributed by atoms with Crippen molar-refractivity contribution in [3.8, 4) is 11.4 Å². The predicted molar refractivity (Wildman–Crippen MR) is 79.7 cm³/mol. The van der Waals surface area contributed by atoms with Crippen LogP contribution in [-0.4, -0.2) is 15.9 Å². The second-order valence-electron chi connectivity index (χ2n) is 5.83. The molecule has 0 unspecified atom stereocenters. The zero-order valence-corrected chi connectivity index (χ0v) is 11.4. The summed E-state index contributed by atoms with van der Waals surface area (Å²) < 4.78 is 0. The van der Waals surface area contributed by atoms with Crippen LogP contribution in [0, 0.1) is 0 Å². The van der Waals surface area contributed by atoms with E-state index in [1.165, 1.54) is 0 Å². The average Bonchev–Trinajstić information content (AvgIpc) is 3.08. The molecule has 1 amide bonds. The molecule has 20 heavy (non-hydrogen) atoms. The van der Waals surface area contributed by atoms with Crippen LogP contribution < -0.4 is 5.32 Å². The predicted octanol–water partition coefficient (Wildman–Crippen LogP) is 3.39. The lowest BCUT2D eigenvalue weighted by atomic mass is 9.86. The van der Waals surface area contributed by atoms with E-state index in [1.807, 2.05) is 38.2 Å². The van der Waals surface area contributed by atoms with Gasteiger partial charge in [-0.15, -0.1) is 0 Å². The highest BCUT2D eigenvalue weighted by Crippen LogP contribution is 2.40. The molecule has 100 valence electrons. The number of hydrogen-bond donors (Lipinski definition) is 3. The molecule has 1 aromatic carbocycles. The lowest BCUT2D eigenvalue weighted by molar-refractivity contribution is -0.119. The molecule has 0 saturated heterocycles. The van der Waals surface area contributed by atoms with E-state index in [-0.39, 0.29) is 5.91 Å². The van der Waals surface area contributed by atoms with Crippen molar-refractivity contribution >= 4 is 22.5 Å². The number of hydrogen-bond acceptors (Lipinski definition) is 1. The Kier molecular flexibility index (Phi) is 2.01. The van der Waals surface area contributed by atoms with Gasteiger partial charge < -0.3 is 15.3 Å². The summed E-state index contributed by atoms with van der Waals surface area (Å²) in [6, 6.07) is 10.2. The Bertz CT molecular complexity index is 825. The fourth-order valence-electron chi connectivity index (χ4n) is 2.85. The topological polar surface area (TPSA) is 60.7 Å². The number of aromatic amines is 2. The number of amides is 1. The third-order valence-corrected chi connectivity index (χ3v) is 4.14. The Labute approximate surface area is 116 Å². The van der Waals surface area contributed by atoms with Gasteiger partial charge in [0.25, 0.3) is 0 Å². The third kappa shape index (κ3) is 1.39. The minimum atomic E-state index is -0.465. The van der Waals surface area contributed by atoms with Crippen LogP contribution in [0.15, 0.2) is 36.5 Å². The van der Waals surface area contributed by atoms with Crippen molar-refractivity contribution in [2.75, 3.05) is 5.32 Å². The monoisotopic (exact) mass is 265 g/mol. The second-order valence-corrected chi connectivity index (χ2v) is 5.83. The van der Waals surface area contributed by atoms with Crippen LogP contribution in [0.1, 0.15) is 19.4 Å². The molecular formula is C16H15N3O. The van der Waals surface area contributed by atoms with Gasteiger partial charge in [0.15, 0.2) is 0 Å². The standard InChI is InChI=1S/C16H15N3O/c1-16(2)10-6-9-7-14(11-4-3-5-17-11)18-12(9)8-13(10)19-15(16)20/h3-8,17-18H,1-2H3,(H,19,20). The van der Waals surface area contributed by atoms with E-state index in [2.05, 4.69) is 27.4 Å². The first-order valence-corrected chi connectivity index (χ1v) is 6.68. The van der Waals surface area contributed by atoms with Crippen molar-refractivity contribution in [2.45, 2.75) is 19.3 Å². The van der Waals surface area contributed by atoms with Gasteiger partial charge in [0, 0.05) is 22.8 Å². The molecule has 0 bridgehead atoms. The Morgan fingerprint density at radius 2 is 1.95 bits per heavy atom. The maximum atomic E-state index is 12.0. The van der Waals surface area contributed by atoms with Crippen molar-refractivity contribution in [3.05, 3.63) is 42.1 Å². The van der Waals surface area contributed by atoms with Crippen molar-refractivity contribution in [3.63, 3.8) is 0 Å². The first-order chi connectivity index (χ1) is 9.55. The maximum Gasteiger partial charge on any atom is 0.234 e. The molecule has 0 fully saturated rings. The summed E-state index contributed by atoms with van der Waals surface area (Å²) >= 11 is 0. The van der Waals surface area contributed by atoms with E-state index in [1.54, 1.807) is 0 Å². The van der Waals surface area contributed by atoms with Gasteiger partial charge >= 0.3 is 0 Å². The summed E-state index contributed by atoms with van der Waals surface area (Å²) in [6.45, 7) is 3.91. The second kappa shape index (κ2) is 3.54. The zero-order chi connectivity index (χ0) is 13.9. The largest absolute Gasteiger partial charge is 0.360 e. The number of anilines is 1. The quantitative estimate of drug-likeness (QED) is 0.620. The minimum absolute atomic E-state index is 0.0599. The molecule has 1 aliphatic heterocycles. The molecule has 3 N–H and O–H groups in total. The van der Waals surface area contributed by atoms with Crippen LogP contribution in [0.2, 0.25) is 0 Å². The molecule has 1 aliphatic rings. The van der Waals surface area contributed by atoms with Crippen LogP contribution in [0.5, 0.6) is 0 Å². The summed E-state index contributed by atoms with van der Waals surface area (Å²) in [5.74, 6) is 0.0599. The van der Waals surface area contributed by atoms with E-state index in [4.69, 9.17) is 0 Å². The molecule has 2 aromatic heterocycles. The van der Waals surface area contributed by atoms with E-state index in [9.17, 15) is 4.79 Å². The SMILES string of the molecule is CC1(C)C(=O)Nc2cc3[nH]c(-c4ccc[nH]4)cc3cc21. The van der Waals surface area contributed by atoms with Crippen LogP contribution in [0.25, 0.3) is 22.3 Å². The maximum absolute atomic E-state index is 12.0. The number of aromatic nitrogens is 2. The van der Waals surface area contributed by atoms with E-state index < -0.39 is 5.41 Å². The first-order valence-electron chi connectivity index (χ1n) is 6.68. The average molecular weight is 265 g/mol. The van der Waals surface area contributed by atoms with Crippen molar-refractivity contribution in [1.82, 2.24) is 9.97 Å². The number of nitrogens with one attached hydrogen (secondary N) is 3. The summed E-state index contributed by atoms with van der Waals surface area (Å²) in [5, 5.41) is 4.08. The number of H-pyrrole nitrogens is 2. The molecule has 4 nitrogen and oxygen atoms in total. The number of benzene rings is 1. The molecule has 4 rings (SSSR count). The Morgan fingerprint density at radius 3 is 2.70 bits per heavy atom. The highest BCUT2D eigenvalue weighted by molar-refractivity contribution is 6.08. The lowest BCUT2D eigenvalue weighted by Gasteiger charge is -2.14. The van der Waals surface area contributed by atoms with Gasteiger partial charge in [-0.25, -0.2) is 0 Å². The molecule has 4 heteroatoms. The van der Waals surface area contributed by atoms with Crippen LogP contribution in [0.3, 0.4) is 0 Å². The Hall–Kier alpha value is -2.49. The number of rotatable bonds is 1. The lowest BCUT2D eigenvalue weighted by Crippen LogP contribution is -2.26. The minimum Gasteiger partial charge on any atom is -0.360 e.